The van der Waals surface area contributed by atoms with Gasteiger partial charge in [-0.25, -0.2) is 13.2 Å². The smallest absolute Gasteiger partial charge is 0.318 e. The Hall–Kier alpha value is -3.20. The van der Waals surface area contributed by atoms with Crippen LogP contribution in [0.5, 0.6) is 0 Å². The molecule has 0 spiro atoms. The number of amides is 2. The van der Waals surface area contributed by atoms with Gasteiger partial charge in [0.15, 0.2) is 0 Å². The maximum absolute atomic E-state index is 13.5. The summed E-state index contributed by atoms with van der Waals surface area (Å²) >= 11 is 0. The number of nitrogens with one attached hydrogen (secondary N) is 1. The third-order valence-electron chi connectivity index (χ3n) is 6.75. The molecular formula is C32H43N3O4S. The first kappa shape index (κ1) is 31.3. The fourth-order valence-corrected chi connectivity index (χ4v) is 6.40. The Morgan fingerprint density at radius 3 is 1.90 bits per heavy atom. The number of aryl methyl sites for hydroxylation is 1. The highest BCUT2D eigenvalue weighted by molar-refractivity contribution is 7.89. The molecule has 3 rings (SSSR count). The van der Waals surface area contributed by atoms with Crippen LogP contribution in [0.25, 0.3) is 0 Å². The molecule has 0 aliphatic carbocycles. The second-order valence-corrected chi connectivity index (χ2v) is 12.6. The minimum atomic E-state index is -3.75. The number of hydrogen-bond acceptors (Lipinski definition) is 4. The maximum Gasteiger partial charge on any atom is 0.318 e. The van der Waals surface area contributed by atoms with Crippen molar-refractivity contribution in [2.75, 3.05) is 19.7 Å². The molecular weight excluding hydrogens is 522 g/mol. The number of benzene rings is 3. The summed E-state index contributed by atoms with van der Waals surface area (Å²) in [7, 11) is -3.75. The third kappa shape index (κ3) is 9.47. The van der Waals surface area contributed by atoms with Gasteiger partial charge in [0.1, 0.15) is 0 Å². The van der Waals surface area contributed by atoms with Crippen molar-refractivity contribution in [3.05, 3.63) is 102 Å². The van der Waals surface area contributed by atoms with Gasteiger partial charge in [-0.15, -0.1) is 0 Å². The second kappa shape index (κ2) is 15.6. The van der Waals surface area contributed by atoms with Gasteiger partial charge >= 0.3 is 6.03 Å². The van der Waals surface area contributed by atoms with E-state index in [0.717, 1.165) is 16.7 Å². The van der Waals surface area contributed by atoms with Gasteiger partial charge in [-0.2, -0.15) is 4.31 Å². The SMILES string of the molecule is Cc1ccc(S(=O)(=O)N(CC(C)C)[C@H](CO)CCCCNC(=O)N(Cc2ccccc2)Cc2ccccc2)cc1. The zero-order valence-corrected chi connectivity index (χ0v) is 24.7. The molecule has 0 aromatic heterocycles. The van der Waals surface area contributed by atoms with E-state index in [1.807, 2.05) is 81.4 Å². The molecule has 7 nitrogen and oxygen atoms in total. The predicted octanol–water partition coefficient (Wildman–Crippen LogP) is 5.58. The Morgan fingerprint density at radius 1 is 0.850 bits per heavy atom. The molecule has 0 aliphatic heterocycles. The van der Waals surface area contributed by atoms with Crippen LogP contribution in [0, 0.1) is 12.8 Å². The van der Waals surface area contributed by atoms with Crippen molar-refractivity contribution >= 4 is 16.1 Å². The monoisotopic (exact) mass is 565 g/mol. The van der Waals surface area contributed by atoms with Crippen LogP contribution in [-0.4, -0.2) is 54.5 Å². The van der Waals surface area contributed by atoms with E-state index in [9.17, 15) is 18.3 Å². The highest BCUT2D eigenvalue weighted by Crippen LogP contribution is 2.23. The van der Waals surface area contributed by atoms with Crippen LogP contribution in [0.1, 0.15) is 49.8 Å². The fraction of sp³-hybridized carbons (Fsp3) is 0.406. The summed E-state index contributed by atoms with van der Waals surface area (Å²) in [4.78, 5) is 15.2. The van der Waals surface area contributed by atoms with Crippen LogP contribution >= 0.6 is 0 Å². The summed E-state index contributed by atoms with van der Waals surface area (Å²) in [6.45, 7) is 7.38. The van der Waals surface area contributed by atoms with Gasteiger partial charge in [-0.3, -0.25) is 0 Å². The van der Waals surface area contributed by atoms with Gasteiger partial charge < -0.3 is 15.3 Å². The third-order valence-corrected chi connectivity index (χ3v) is 8.68. The largest absolute Gasteiger partial charge is 0.395 e. The molecule has 2 amide bonds. The number of aliphatic hydroxyl groups is 1. The Labute approximate surface area is 239 Å². The summed E-state index contributed by atoms with van der Waals surface area (Å²) in [5, 5.41) is 13.2. The van der Waals surface area contributed by atoms with Gasteiger partial charge in [0.25, 0.3) is 0 Å². The zero-order chi connectivity index (χ0) is 29.0. The molecule has 0 radical (unpaired) electrons. The van der Waals surface area contributed by atoms with Crippen molar-refractivity contribution in [2.45, 2.75) is 64.1 Å². The summed E-state index contributed by atoms with van der Waals surface area (Å²) < 4.78 is 28.4. The van der Waals surface area contributed by atoms with Gasteiger partial charge in [-0.1, -0.05) is 98.6 Å². The van der Waals surface area contributed by atoms with Crippen molar-refractivity contribution in [1.82, 2.24) is 14.5 Å². The number of carbonyl (C=O) groups is 1. The molecule has 0 unspecified atom stereocenters. The van der Waals surface area contributed by atoms with Crippen LogP contribution in [0.2, 0.25) is 0 Å². The minimum absolute atomic E-state index is 0.105. The molecule has 0 saturated carbocycles. The van der Waals surface area contributed by atoms with E-state index in [-0.39, 0.29) is 23.5 Å². The summed E-state index contributed by atoms with van der Waals surface area (Å²) in [5.41, 5.74) is 3.10. The van der Waals surface area contributed by atoms with Gasteiger partial charge in [-0.05, 0) is 48.9 Å². The lowest BCUT2D eigenvalue weighted by Crippen LogP contribution is -2.44. The predicted molar refractivity (Wildman–Crippen MR) is 160 cm³/mol. The van der Waals surface area contributed by atoms with Crippen LogP contribution in [-0.2, 0) is 23.1 Å². The summed E-state index contributed by atoms with van der Waals surface area (Å²) in [6.07, 6.45) is 1.84. The number of nitrogens with zero attached hydrogens (tertiary/aromatic N) is 2. The zero-order valence-electron chi connectivity index (χ0n) is 23.9. The molecule has 8 heteroatoms. The van der Waals surface area contributed by atoms with Crippen LogP contribution in [0.15, 0.2) is 89.8 Å². The molecule has 0 fully saturated rings. The lowest BCUT2D eigenvalue weighted by molar-refractivity contribution is 0.167. The molecule has 2 N–H and O–H groups in total. The van der Waals surface area contributed by atoms with Crippen LogP contribution < -0.4 is 5.32 Å². The first-order chi connectivity index (χ1) is 19.2. The van der Waals surface area contributed by atoms with E-state index in [4.69, 9.17) is 0 Å². The number of sulfonamides is 1. The van der Waals surface area contributed by atoms with Crippen molar-refractivity contribution in [3.8, 4) is 0 Å². The summed E-state index contributed by atoms with van der Waals surface area (Å²) in [6, 6.07) is 26.0. The lowest BCUT2D eigenvalue weighted by atomic mass is 10.1. The topological polar surface area (TPSA) is 90.0 Å². The Kier molecular flexibility index (Phi) is 12.2. The number of hydrogen-bond donors (Lipinski definition) is 2. The number of aliphatic hydroxyl groups excluding tert-OH is 1. The summed E-state index contributed by atoms with van der Waals surface area (Å²) in [5.74, 6) is 0.105. The molecule has 3 aromatic carbocycles. The molecule has 0 bridgehead atoms. The van der Waals surface area contributed by atoms with E-state index in [2.05, 4.69) is 5.32 Å². The first-order valence-corrected chi connectivity index (χ1v) is 15.4. The van der Waals surface area contributed by atoms with E-state index in [0.29, 0.717) is 45.4 Å². The molecule has 40 heavy (non-hydrogen) atoms. The number of unbranched alkanes of at least 4 members (excludes halogenated alkanes) is 1. The van der Waals surface area contributed by atoms with Crippen molar-refractivity contribution < 1.29 is 18.3 Å². The molecule has 0 heterocycles. The minimum Gasteiger partial charge on any atom is -0.395 e. The highest BCUT2D eigenvalue weighted by Gasteiger charge is 2.31. The lowest BCUT2D eigenvalue weighted by Gasteiger charge is -2.31. The quantitative estimate of drug-likeness (QED) is 0.235. The highest BCUT2D eigenvalue weighted by atomic mass is 32.2. The molecule has 1 atom stereocenters. The fourth-order valence-electron chi connectivity index (χ4n) is 4.59. The maximum atomic E-state index is 13.5. The molecule has 216 valence electrons. The average molecular weight is 566 g/mol. The second-order valence-electron chi connectivity index (χ2n) is 10.7. The normalized spacial score (nSPS) is 12.4. The Balaban J connectivity index is 1.58. The van der Waals surface area contributed by atoms with Gasteiger partial charge in [0, 0.05) is 32.2 Å². The van der Waals surface area contributed by atoms with Crippen LogP contribution in [0.3, 0.4) is 0 Å². The number of carbonyl (C=O) groups excluding carboxylic acids is 1. The molecule has 0 saturated heterocycles. The van der Waals surface area contributed by atoms with Gasteiger partial charge in [0.05, 0.1) is 11.5 Å². The average Bonchev–Trinajstić information content (AvgIpc) is 2.94. The van der Waals surface area contributed by atoms with Crippen molar-refractivity contribution in [1.29, 1.82) is 0 Å². The van der Waals surface area contributed by atoms with Crippen molar-refractivity contribution in [3.63, 3.8) is 0 Å². The van der Waals surface area contributed by atoms with E-state index < -0.39 is 16.1 Å². The van der Waals surface area contributed by atoms with Gasteiger partial charge in [0.2, 0.25) is 10.0 Å². The first-order valence-electron chi connectivity index (χ1n) is 14.0. The number of rotatable bonds is 15. The molecule has 0 aliphatic rings. The van der Waals surface area contributed by atoms with Crippen LogP contribution in [0.4, 0.5) is 4.79 Å². The van der Waals surface area contributed by atoms with Crippen molar-refractivity contribution in [2.24, 2.45) is 5.92 Å². The standard InChI is InChI=1S/C32H43N3O4S/c1-26(2)22-35(40(38,39)31-19-17-27(3)18-20-31)30(25-36)16-10-11-21-33-32(37)34(23-28-12-6-4-7-13-28)24-29-14-8-5-9-15-29/h4-9,12-15,17-20,26,30,36H,10-11,16,21-25H2,1-3H3,(H,33,37)/t30-/m0/s1. The number of urea groups is 1. The van der Waals surface area contributed by atoms with E-state index >= 15 is 0 Å². The molecule has 3 aromatic rings. The van der Waals surface area contributed by atoms with E-state index in [1.165, 1.54) is 4.31 Å². The van der Waals surface area contributed by atoms with E-state index in [1.54, 1.807) is 29.2 Å². The Bertz CT molecular complexity index is 1230. The Morgan fingerprint density at radius 2 is 1.40 bits per heavy atom.